The van der Waals surface area contributed by atoms with Crippen molar-refractivity contribution in [3.8, 4) is 0 Å². The largest absolute Gasteiger partial charge is 0.328 e. The van der Waals surface area contributed by atoms with E-state index >= 15 is 0 Å². The van der Waals surface area contributed by atoms with Crippen molar-refractivity contribution < 1.29 is 18.0 Å². The van der Waals surface area contributed by atoms with E-state index in [1.807, 2.05) is 5.32 Å². The van der Waals surface area contributed by atoms with Crippen LogP contribution in [-0.2, 0) is 11.2 Å². The molecule has 0 aliphatic rings. The number of amides is 1. The zero-order valence-corrected chi connectivity index (χ0v) is 12.4. The van der Waals surface area contributed by atoms with Gasteiger partial charge in [-0.3, -0.25) is 4.79 Å². The lowest BCUT2D eigenvalue weighted by Gasteiger charge is -2.16. The molecule has 8 heteroatoms. The van der Waals surface area contributed by atoms with E-state index in [1.165, 1.54) is 24.3 Å². The number of anilines is 1. The Balaban J connectivity index is 2.11. The van der Waals surface area contributed by atoms with Crippen LogP contribution in [0.1, 0.15) is 5.56 Å². The number of nitrogens with zero attached hydrogens (tertiary/aromatic N) is 1. The van der Waals surface area contributed by atoms with E-state index < -0.39 is 24.1 Å². The monoisotopic (exact) mass is 348 g/mol. The summed E-state index contributed by atoms with van der Waals surface area (Å²) in [5.74, 6) is -5.74. The number of alkyl halides is 2. The number of aromatic nitrogens is 1. The summed E-state index contributed by atoms with van der Waals surface area (Å²) in [5.41, 5.74) is 0.140. The average molecular weight is 349 g/mol. The predicted molar refractivity (Wildman–Crippen MR) is 77.9 cm³/mol. The lowest BCUT2D eigenvalue weighted by molar-refractivity contribution is -0.139. The highest BCUT2D eigenvalue weighted by Gasteiger charge is 2.39. The predicted octanol–water partition coefficient (Wildman–Crippen LogP) is 4.34. The molecule has 0 unspecified atom stereocenters. The van der Waals surface area contributed by atoms with Crippen molar-refractivity contribution in [3.63, 3.8) is 0 Å². The van der Waals surface area contributed by atoms with Crippen LogP contribution < -0.4 is 5.32 Å². The lowest BCUT2D eigenvalue weighted by Crippen LogP contribution is -2.36. The summed E-state index contributed by atoms with van der Waals surface area (Å²) in [4.78, 5) is 15.3. The van der Waals surface area contributed by atoms with E-state index in [0.29, 0.717) is 0 Å². The van der Waals surface area contributed by atoms with Gasteiger partial charge in [0.05, 0.1) is 0 Å². The minimum Gasteiger partial charge on any atom is -0.321 e. The summed E-state index contributed by atoms with van der Waals surface area (Å²) in [7, 11) is 0. The first-order valence-electron chi connectivity index (χ1n) is 6.03. The highest BCUT2D eigenvalue weighted by atomic mass is 35.5. The van der Waals surface area contributed by atoms with Gasteiger partial charge in [0.25, 0.3) is 5.91 Å². The molecular formula is C14H9Cl2F3N2O. The van der Waals surface area contributed by atoms with Gasteiger partial charge in [0.15, 0.2) is 0 Å². The van der Waals surface area contributed by atoms with Crippen molar-refractivity contribution in [2.45, 2.75) is 12.3 Å². The molecule has 0 saturated heterocycles. The standard InChI is InChI=1S/C14H9Cl2F3N2O/c15-11-5-10(6-12(16)21-11)20-13(22)14(18,19)7-8-1-3-9(17)4-2-8/h1-6H,7H2,(H,20,21,22). The van der Waals surface area contributed by atoms with Gasteiger partial charge in [0.2, 0.25) is 0 Å². The quantitative estimate of drug-likeness (QED) is 0.835. The molecule has 0 aliphatic heterocycles. The van der Waals surface area contributed by atoms with E-state index in [9.17, 15) is 18.0 Å². The van der Waals surface area contributed by atoms with Crippen LogP contribution in [0.2, 0.25) is 10.3 Å². The Morgan fingerprint density at radius 1 is 1.14 bits per heavy atom. The fraction of sp³-hybridized carbons (Fsp3) is 0.143. The van der Waals surface area contributed by atoms with Crippen molar-refractivity contribution in [1.82, 2.24) is 4.98 Å². The highest BCUT2D eigenvalue weighted by Crippen LogP contribution is 2.24. The van der Waals surface area contributed by atoms with Gasteiger partial charge in [-0.2, -0.15) is 8.78 Å². The third-order valence-electron chi connectivity index (χ3n) is 2.69. The molecule has 0 spiro atoms. The van der Waals surface area contributed by atoms with E-state index in [0.717, 1.165) is 12.1 Å². The minimum atomic E-state index is -3.68. The zero-order chi connectivity index (χ0) is 16.3. The fourth-order valence-corrected chi connectivity index (χ4v) is 2.16. The zero-order valence-electron chi connectivity index (χ0n) is 10.9. The first-order valence-corrected chi connectivity index (χ1v) is 6.79. The third-order valence-corrected chi connectivity index (χ3v) is 3.08. The van der Waals surface area contributed by atoms with Crippen molar-refractivity contribution in [3.05, 3.63) is 58.1 Å². The Labute approximate surface area is 134 Å². The van der Waals surface area contributed by atoms with E-state index in [-0.39, 0.29) is 21.6 Å². The van der Waals surface area contributed by atoms with E-state index in [2.05, 4.69) is 4.98 Å². The van der Waals surface area contributed by atoms with Crippen LogP contribution in [0.5, 0.6) is 0 Å². The molecular weight excluding hydrogens is 340 g/mol. The first-order chi connectivity index (χ1) is 10.3. The molecule has 0 bridgehead atoms. The lowest BCUT2D eigenvalue weighted by atomic mass is 10.1. The molecule has 2 rings (SSSR count). The molecule has 1 heterocycles. The van der Waals surface area contributed by atoms with Crippen LogP contribution in [0.15, 0.2) is 36.4 Å². The highest BCUT2D eigenvalue weighted by molar-refractivity contribution is 6.33. The Morgan fingerprint density at radius 2 is 1.68 bits per heavy atom. The Morgan fingerprint density at radius 3 is 2.23 bits per heavy atom. The number of halogens is 5. The molecule has 0 saturated carbocycles. The molecule has 2 aromatic rings. The van der Waals surface area contributed by atoms with Crippen LogP contribution in [-0.4, -0.2) is 16.8 Å². The molecule has 0 atom stereocenters. The number of carbonyl (C=O) groups excluding carboxylic acids is 1. The number of hydrogen-bond acceptors (Lipinski definition) is 2. The number of rotatable bonds is 4. The topological polar surface area (TPSA) is 42.0 Å². The smallest absolute Gasteiger partial charge is 0.321 e. The second-order valence-corrected chi connectivity index (χ2v) is 5.24. The summed E-state index contributed by atoms with van der Waals surface area (Å²) in [5, 5.41) is 1.95. The normalized spacial score (nSPS) is 11.3. The van der Waals surface area contributed by atoms with Crippen molar-refractivity contribution >= 4 is 34.8 Å². The molecule has 0 aliphatic carbocycles. The van der Waals surface area contributed by atoms with Crippen LogP contribution in [0.4, 0.5) is 18.9 Å². The SMILES string of the molecule is O=C(Nc1cc(Cl)nc(Cl)c1)C(F)(F)Cc1ccc(F)cc1. The van der Waals surface area contributed by atoms with Gasteiger partial charge >= 0.3 is 5.92 Å². The van der Waals surface area contributed by atoms with Crippen LogP contribution in [0.3, 0.4) is 0 Å². The first kappa shape index (κ1) is 16.6. The molecule has 1 aromatic carbocycles. The molecule has 3 nitrogen and oxygen atoms in total. The molecule has 1 N–H and O–H groups in total. The van der Waals surface area contributed by atoms with Crippen LogP contribution in [0.25, 0.3) is 0 Å². The molecule has 0 radical (unpaired) electrons. The summed E-state index contributed by atoms with van der Waals surface area (Å²) in [6.45, 7) is 0. The van der Waals surface area contributed by atoms with Gasteiger partial charge in [-0.25, -0.2) is 9.37 Å². The Hall–Kier alpha value is -1.79. The summed E-state index contributed by atoms with van der Waals surface area (Å²) in [6, 6.07) is 6.86. The van der Waals surface area contributed by atoms with Crippen LogP contribution >= 0.6 is 23.2 Å². The molecule has 22 heavy (non-hydrogen) atoms. The van der Waals surface area contributed by atoms with E-state index in [4.69, 9.17) is 23.2 Å². The fourth-order valence-electron chi connectivity index (χ4n) is 1.70. The van der Waals surface area contributed by atoms with Crippen molar-refractivity contribution in [2.24, 2.45) is 0 Å². The molecule has 1 aromatic heterocycles. The molecule has 1 amide bonds. The van der Waals surface area contributed by atoms with Gasteiger partial charge in [0, 0.05) is 12.1 Å². The van der Waals surface area contributed by atoms with Gasteiger partial charge in [-0.1, -0.05) is 35.3 Å². The maximum atomic E-state index is 13.9. The number of hydrogen-bond donors (Lipinski definition) is 1. The number of benzene rings is 1. The summed E-state index contributed by atoms with van der Waals surface area (Å²) in [6.07, 6.45) is -0.855. The number of nitrogens with one attached hydrogen (secondary N) is 1. The average Bonchev–Trinajstić information content (AvgIpc) is 2.40. The minimum absolute atomic E-state index is 0.00813. The Bertz CT molecular complexity index is 673. The van der Waals surface area contributed by atoms with E-state index in [1.54, 1.807) is 0 Å². The van der Waals surface area contributed by atoms with Crippen molar-refractivity contribution in [1.29, 1.82) is 0 Å². The van der Waals surface area contributed by atoms with Crippen molar-refractivity contribution in [2.75, 3.05) is 5.32 Å². The number of carbonyl (C=O) groups is 1. The maximum Gasteiger partial charge on any atom is 0.328 e. The molecule has 0 fully saturated rings. The Kier molecular flexibility index (Phi) is 4.93. The number of pyridine rings is 1. The summed E-state index contributed by atoms with van der Waals surface area (Å²) >= 11 is 11.2. The second-order valence-electron chi connectivity index (χ2n) is 4.46. The molecule has 116 valence electrons. The third kappa shape index (κ3) is 4.35. The summed E-state index contributed by atoms with van der Waals surface area (Å²) < 4.78 is 40.5. The van der Waals surface area contributed by atoms with Gasteiger partial charge in [-0.05, 0) is 29.8 Å². The second kappa shape index (κ2) is 6.54. The van der Waals surface area contributed by atoms with Crippen LogP contribution in [0, 0.1) is 5.82 Å². The maximum absolute atomic E-state index is 13.9. The van der Waals surface area contributed by atoms with Gasteiger partial charge in [0.1, 0.15) is 16.1 Å². The van der Waals surface area contributed by atoms with Gasteiger partial charge < -0.3 is 5.32 Å². The van der Waals surface area contributed by atoms with Gasteiger partial charge in [-0.15, -0.1) is 0 Å².